The Kier molecular flexibility index (Phi) is 18.0. The fraction of sp³-hybridized carbons (Fsp3) is 0.882. The summed E-state index contributed by atoms with van der Waals surface area (Å²) in [6.45, 7) is 8.68. The molecule has 0 aromatic heterocycles. The van der Waals surface area contributed by atoms with Gasteiger partial charge in [-0.3, -0.25) is 9.59 Å². The maximum absolute atomic E-state index is 11.9. The van der Waals surface area contributed by atoms with Crippen molar-refractivity contribution in [3.63, 3.8) is 0 Å². The molecule has 0 saturated heterocycles. The molecule has 0 aliphatic carbocycles. The van der Waals surface area contributed by atoms with Gasteiger partial charge in [-0.05, 0) is 19.4 Å². The van der Waals surface area contributed by atoms with Crippen LogP contribution in [0.25, 0.3) is 0 Å². The smallest absolute Gasteiger partial charge is 0.221 e. The summed E-state index contributed by atoms with van der Waals surface area (Å²) in [6.07, 6.45) is 4.14. The van der Waals surface area contributed by atoms with Crippen molar-refractivity contribution in [2.75, 3.05) is 50.8 Å². The highest BCUT2D eigenvalue weighted by molar-refractivity contribution is 8.76. The molecular formula is C17H36N4O2S2. The predicted octanol–water partition coefficient (Wildman–Crippen LogP) is 1.85. The van der Waals surface area contributed by atoms with Crippen LogP contribution in [0.15, 0.2) is 0 Å². The van der Waals surface area contributed by atoms with E-state index in [-0.39, 0.29) is 11.8 Å². The summed E-state index contributed by atoms with van der Waals surface area (Å²) in [5.41, 5.74) is 5.43. The quantitative estimate of drug-likeness (QED) is 0.259. The predicted molar refractivity (Wildman–Crippen MR) is 111 cm³/mol. The zero-order valence-corrected chi connectivity index (χ0v) is 17.5. The summed E-state index contributed by atoms with van der Waals surface area (Å²) in [7, 11) is 3.48. The van der Waals surface area contributed by atoms with Crippen LogP contribution in [-0.2, 0) is 9.59 Å². The monoisotopic (exact) mass is 392 g/mol. The van der Waals surface area contributed by atoms with Gasteiger partial charge in [0.05, 0.1) is 0 Å². The Bertz CT molecular complexity index is 347. The first-order valence-corrected chi connectivity index (χ1v) is 11.8. The number of carbonyl (C=O) groups is 2. The van der Waals surface area contributed by atoms with E-state index < -0.39 is 0 Å². The van der Waals surface area contributed by atoms with E-state index in [2.05, 4.69) is 22.5 Å². The minimum atomic E-state index is 0.0846. The lowest BCUT2D eigenvalue weighted by atomic mass is 10.2. The molecule has 0 aliphatic rings. The van der Waals surface area contributed by atoms with Gasteiger partial charge in [-0.25, -0.2) is 0 Å². The molecule has 0 radical (unpaired) electrons. The molecule has 0 unspecified atom stereocenters. The van der Waals surface area contributed by atoms with Gasteiger partial charge in [-0.1, -0.05) is 41.9 Å². The summed E-state index contributed by atoms with van der Waals surface area (Å²) < 4.78 is 0. The van der Waals surface area contributed by atoms with E-state index in [1.807, 2.05) is 6.92 Å². The van der Waals surface area contributed by atoms with Gasteiger partial charge in [-0.15, -0.1) is 0 Å². The van der Waals surface area contributed by atoms with E-state index in [0.29, 0.717) is 39.0 Å². The number of rotatable bonds is 17. The molecule has 0 fully saturated rings. The molecule has 25 heavy (non-hydrogen) atoms. The highest BCUT2D eigenvalue weighted by atomic mass is 33.1. The third kappa shape index (κ3) is 16.8. The zero-order chi connectivity index (χ0) is 18.8. The zero-order valence-electron chi connectivity index (χ0n) is 15.8. The molecule has 2 amide bonds. The molecule has 6 nitrogen and oxygen atoms in total. The van der Waals surface area contributed by atoms with Crippen LogP contribution in [0.4, 0.5) is 0 Å². The van der Waals surface area contributed by atoms with E-state index in [4.69, 9.17) is 5.73 Å². The van der Waals surface area contributed by atoms with E-state index in [1.165, 1.54) is 0 Å². The van der Waals surface area contributed by atoms with Crippen LogP contribution in [0.3, 0.4) is 0 Å². The third-order valence-electron chi connectivity index (χ3n) is 3.50. The molecule has 0 aliphatic heterocycles. The van der Waals surface area contributed by atoms with Gasteiger partial charge in [0.2, 0.25) is 11.8 Å². The van der Waals surface area contributed by atoms with Crippen LogP contribution in [0, 0.1) is 0 Å². The molecule has 0 heterocycles. The lowest BCUT2D eigenvalue weighted by molar-refractivity contribution is -0.121. The molecule has 148 valence electrons. The standard InChI is InChI=1S/C17H36N4O2S2/c1-3-5-11-21(12-6-16(22)19-9-4-2)13-7-17(23)20-10-15-25-24-14-8-18/h3-15,18H2,1-2H3,(H,19,22)(H,20,23). The Morgan fingerprint density at radius 2 is 1.48 bits per heavy atom. The minimum absolute atomic E-state index is 0.0846. The largest absolute Gasteiger partial charge is 0.356 e. The van der Waals surface area contributed by atoms with Crippen molar-refractivity contribution in [1.29, 1.82) is 0 Å². The van der Waals surface area contributed by atoms with Crippen molar-refractivity contribution in [1.82, 2.24) is 15.5 Å². The first kappa shape index (κ1) is 24.6. The van der Waals surface area contributed by atoms with Gasteiger partial charge in [0.1, 0.15) is 0 Å². The van der Waals surface area contributed by atoms with Crippen molar-refractivity contribution >= 4 is 33.4 Å². The Morgan fingerprint density at radius 1 is 0.880 bits per heavy atom. The van der Waals surface area contributed by atoms with Crippen molar-refractivity contribution in [3.05, 3.63) is 0 Å². The van der Waals surface area contributed by atoms with Crippen LogP contribution in [0.5, 0.6) is 0 Å². The maximum Gasteiger partial charge on any atom is 0.221 e. The van der Waals surface area contributed by atoms with Gasteiger partial charge in [0.25, 0.3) is 0 Å². The second-order valence-corrected chi connectivity index (χ2v) is 8.53. The number of hydrogen-bond donors (Lipinski definition) is 3. The van der Waals surface area contributed by atoms with Crippen molar-refractivity contribution < 1.29 is 9.59 Å². The number of nitrogens with two attached hydrogens (primary N) is 1. The topological polar surface area (TPSA) is 87.5 Å². The second-order valence-electron chi connectivity index (χ2n) is 5.83. The molecule has 0 saturated carbocycles. The molecule has 0 spiro atoms. The fourth-order valence-corrected chi connectivity index (χ4v) is 3.84. The number of amides is 2. The van der Waals surface area contributed by atoms with Crippen LogP contribution >= 0.6 is 21.6 Å². The SMILES string of the molecule is CCCCN(CCC(=O)NCCC)CCC(=O)NCCSSCCN. The van der Waals surface area contributed by atoms with Gasteiger partial charge in [-0.2, -0.15) is 0 Å². The Labute approximate surface area is 161 Å². The third-order valence-corrected chi connectivity index (χ3v) is 5.94. The Balaban J connectivity index is 3.92. The van der Waals surface area contributed by atoms with Crippen molar-refractivity contribution in [2.45, 2.75) is 46.0 Å². The molecule has 0 aromatic carbocycles. The molecule has 8 heteroatoms. The molecule has 4 N–H and O–H groups in total. The summed E-state index contributed by atoms with van der Waals surface area (Å²) in [5, 5.41) is 5.85. The Hall–Kier alpha value is -0.440. The average molecular weight is 393 g/mol. The number of nitrogens with one attached hydrogen (secondary N) is 2. The summed E-state index contributed by atoms with van der Waals surface area (Å²) in [6, 6.07) is 0. The first-order chi connectivity index (χ1) is 12.1. The number of unbranched alkanes of at least 4 members (excludes halogenated alkanes) is 1. The number of hydrogen-bond acceptors (Lipinski definition) is 6. The van der Waals surface area contributed by atoms with Gasteiger partial charge in [0.15, 0.2) is 0 Å². The van der Waals surface area contributed by atoms with E-state index in [0.717, 1.165) is 43.9 Å². The van der Waals surface area contributed by atoms with Crippen LogP contribution in [0.2, 0.25) is 0 Å². The highest BCUT2D eigenvalue weighted by Gasteiger charge is 2.10. The normalized spacial score (nSPS) is 10.9. The van der Waals surface area contributed by atoms with Crippen molar-refractivity contribution in [3.8, 4) is 0 Å². The van der Waals surface area contributed by atoms with E-state index in [9.17, 15) is 9.59 Å². The molecule has 0 atom stereocenters. The summed E-state index contributed by atoms with van der Waals surface area (Å²) in [5.74, 6) is 2.02. The maximum atomic E-state index is 11.9. The van der Waals surface area contributed by atoms with Gasteiger partial charge in [0, 0.05) is 57.1 Å². The Morgan fingerprint density at radius 3 is 2.04 bits per heavy atom. The second kappa shape index (κ2) is 18.4. The van der Waals surface area contributed by atoms with Crippen LogP contribution in [0.1, 0.15) is 46.0 Å². The summed E-state index contributed by atoms with van der Waals surface area (Å²) in [4.78, 5) is 25.9. The van der Waals surface area contributed by atoms with Gasteiger partial charge >= 0.3 is 0 Å². The first-order valence-electron chi connectivity index (χ1n) is 9.34. The van der Waals surface area contributed by atoms with E-state index >= 15 is 0 Å². The highest BCUT2D eigenvalue weighted by Crippen LogP contribution is 2.18. The fourth-order valence-electron chi connectivity index (χ4n) is 2.08. The number of carbonyl (C=O) groups excluding carboxylic acids is 2. The van der Waals surface area contributed by atoms with Crippen LogP contribution in [-0.4, -0.2) is 67.5 Å². The molecular weight excluding hydrogens is 356 g/mol. The number of nitrogens with zero attached hydrogens (tertiary/aromatic N) is 1. The van der Waals surface area contributed by atoms with Gasteiger partial charge < -0.3 is 21.3 Å². The van der Waals surface area contributed by atoms with Crippen LogP contribution < -0.4 is 16.4 Å². The minimum Gasteiger partial charge on any atom is -0.356 e. The lowest BCUT2D eigenvalue weighted by Crippen LogP contribution is -2.35. The summed E-state index contributed by atoms with van der Waals surface area (Å²) >= 11 is 0. The van der Waals surface area contributed by atoms with E-state index in [1.54, 1.807) is 21.6 Å². The average Bonchev–Trinajstić information content (AvgIpc) is 2.62. The molecule has 0 bridgehead atoms. The lowest BCUT2D eigenvalue weighted by Gasteiger charge is -2.21. The molecule has 0 rings (SSSR count). The molecule has 0 aromatic rings. The van der Waals surface area contributed by atoms with Crippen molar-refractivity contribution in [2.24, 2.45) is 5.73 Å².